The van der Waals surface area contributed by atoms with Crippen LogP contribution in [0.3, 0.4) is 0 Å². The molecule has 0 radical (unpaired) electrons. The van der Waals surface area contributed by atoms with E-state index in [1.165, 1.54) is 74.0 Å². The molecule has 0 aromatic heterocycles. The average molecular weight is 241 g/mol. The minimum atomic E-state index is 0.828. The molecule has 0 amide bonds. The molecule has 0 aliphatic carbocycles. The Morgan fingerprint density at radius 1 is 0.882 bits per heavy atom. The van der Waals surface area contributed by atoms with E-state index in [2.05, 4.69) is 13.8 Å². The van der Waals surface area contributed by atoms with E-state index in [1.807, 2.05) is 0 Å². The van der Waals surface area contributed by atoms with Crippen molar-refractivity contribution in [2.45, 2.75) is 39.2 Å². The summed E-state index contributed by atoms with van der Waals surface area (Å²) in [6.07, 6.45) is 3.94. The van der Waals surface area contributed by atoms with E-state index in [9.17, 15) is 0 Å². The first-order valence-electron chi connectivity index (χ1n) is 7.53. The molecule has 3 nitrogen and oxygen atoms in total. The molecule has 0 saturated carbocycles. The molecule has 3 aliphatic heterocycles. The molecule has 2 bridgehead atoms. The monoisotopic (exact) mass is 241 g/mol. The van der Waals surface area contributed by atoms with Gasteiger partial charge in [0.05, 0.1) is 12.6 Å². The minimum absolute atomic E-state index is 0.828. The quantitative estimate of drug-likeness (QED) is 0.548. The molecular formula is C14H31N3+2. The number of piperazine rings is 3. The van der Waals surface area contributed by atoms with Crippen molar-refractivity contribution in [3.8, 4) is 0 Å². The van der Waals surface area contributed by atoms with Gasteiger partial charge in [0.1, 0.15) is 39.3 Å². The zero-order valence-electron chi connectivity index (χ0n) is 11.8. The molecule has 3 heteroatoms. The second kappa shape index (κ2) is 5.25. The summed E-state index contributed by atoms with van der Waals surface area (Å²) in [5, 5.41) is 0. The fraction of sp³-hybridized carbons (Fsp3) is 1.00. The number of nitrogens with two attached hydrogens (primary N) is 1. The third-order valence-electron chi connectivity index (χ3n) is 5.49. The van der Waals surface area contributed by atoms with Gasteiger partial charge in [-0.2, -0.15) is 0 Å². The Morgan fingerprint density at radius 2 is 1.47 bits per heavy atom. The number of hydrogen-bond acceptors (Lipinski definition) is 1. The largest absolute Gasteiger partial charge is 0.330 e. The van der Waals surface area contributed by atoms with Crippen molar-refractivity contribution < 1.29 is 8.97 Å². The van der Waals surface area contributed by atoms with Crippen LogP contribution in [0, 0.1) is 0 Å². The lowest BCUT2D eigenvalue weighted by Gasteiger charge is -2.57. The van der Waals surface area contributed by atoms with Crippen LogP contribution in [-0.4, -0.2) is 67.4 Å². The predicted octanol–water partition coefficient (Wildman–Crippen LogP) is 1.18. The van der Waals surface area contributed by atoms with Crippen LogP contribution in [0.1, 0.15) is 33.1 Å². The van der Waals surface area contributed by atoms with Crippen LogP contribution in [0.25, 0.3) is 0 Å². The van der Waals surface area contributed by atoms with Gasteiger partial charge >= 0.3 is 0 Å². The number of unbranched alkanes of at least 4 members (excludes halogenated alkanes) is 2. The topological polar surface area (TPSA) is 26.0 Å². The van der Waals surface area contributed by atoms with Crippen molar-refractivity contribution in [3.63, 3.8) is 0 Å². The van der Waals surface area contributed by atoms with Crippen molar-refractivity contribution in [1.29, 1.82) is 0 Å². The van der Waals surface area contributed by atoms with Gasteiger partial charge in [-0.15, -0.1) is 0 Å². The Labute approximate surface area is 107 Å². The van der Waals surface area contributed by atoms with Gasteiger partial charge in [-0.25, -0.2) is 0 Å². The molecule has 0 aromatic carbocycles. The fourth-order valence-electron chi connectivity index (χ4n) is 3.78. The SMILES string of the molecule is CC(C)[N+]12CC[N+](CCCCCN)(CC1)CC2. The lowest BCUT2D eigenvalue weighted by molar-refractivity contribution is -1.09. The van der Waals surface area contributed by atoms with Gasteiger partial charge in [-0.1, -0.05) is 0 Å². The van der Waals surface area contributed by atoms with Gasteiger partial charge < -0.3 is 14.7 Å². The van der Waals surface area contributed by atoms with Gasteiger partial charge in [0.15, 0.2) is 0 Å². The molecule has 3 fully saturated rings. The van der Waals surface area contributed by atoms with E-state index in [-0.39, 0.29) is 0 Å². The Hall–Kier alpha value is -0.120. The third kappa shape index (κ3) is 2.67. The molecule has 0 spiro atoms. The average Bonchev–Trinajstić information content (AvgIpc) is 2.37. The molecule has 0 unspecified atom stereocenters. The highest BCUT2D eigenvalue weighted by Crippen LogP contribution is 2.29. The van der Waals surface area contributed by atoms with Crippen LogP contribution in [0.15, 0.2) is 0 Å². The lowest BCUT2D eigenvalue weighted by Crippen LogP contribution is -2.76. The van der Waals surface area contributed by atoms with Crippen molar-refractivity contribution in [1.82, 2.24) is 0 Å². The summed E-state index contributed by atoms with van der Waals surface area (Å²) in [7, 11) is 0. The van der Waals surface area contributed by atoms with Crippen molar-refractivity contribution in [2.75, 3.05) is 52.4 Å². The summed E-state index contributed by atoms with van der Waals surface area (Å²) in [6.45, 7) is 15.7. The maximum Gasteiger partial charge on any atom is 0.129 e. The summed E-state index contributed by atoms with van der Waals surface area (Å²) in [4.78, 5) is 0. The van der Waals surface area contributed by atoms with E-state index < -0.39 is 0 Å². The Morgan fingerprint density at radius 3 is 1.94 bits per heavy atom. The predicted molar refractivity (Wildman–Crippen MR) is 72.6 cm³/mol. The summed E-state index contributed by atoms with van der Waals surface area (Å²) in [6, 6.07) is 0.828. The van der Waals surface area contributed by atoms with Crippen LogP contribution in [0.2, 0.25) is 0 Å². The van der Waals surface area contributed by atoms with Crippen molar-refractivity contribution in [2.24, 2.45) is 5.73 Å². The van der Waals surface area contributed by atoms with Gasteiger partial charge in [0, 0.05) is 0 Å². The molecule has 3 heterocycles. The van der Waals surface area contributed by atoms with Crippen LogP contribution in [-0.2, 0) is 0 Å². The number of quaternary nitrogens is 2. The number of fused-ring (bicyclic) bond motifs is 3. The summed E-state index contributed by atoms with van der Waals surface area (Å²) < 4.78 is 2.83. The van der Waals surface area contributed by atoms with Gasteiger partial charge in [0.25, 0.3) is 0 Å². The lowest BCUT2D eigenvalue weighted by atomic mass is 10.0. The molecule has 3 saturated heterocycles. The smallest absolute Gasteiger partial charge is 0.129 e. The fourth-order valence-corrected chi connectivity index (χ4v) is 3.78. The normalized spacial score (nSPS) is 36.7. The molecule has 0 aromatic rings. The standard InChI is InChI=1S/C14H31N3/c1-14(2)17-11-8-16(9-12-17,10-13-17)7-5-3-4-6-15/h14H,3-13,15H2,1-2H3/q+2. The highest BCUT2D eigenvalue weighted by atomic mass is 15.5. The molecule has 3 rings (SSSR count). The van der Waals surface area contributed by atoms with Crippen LogP contribution < -0.4 is 5.73 Å². The zero-order valence-corrected chi connectivity index (χ0v) is 11.8. The van der Waals surface area contributed by atoms with Crippen LogP contribution in [0.4, 0.5) is 0 Å². The second-order valence-corrected chi connectivity index (χ2v) is 6.57. The zero-order chi connectivity index (χ0) is 12.4. The summed E-state index contributed by atoms with van der Waals surface area (Å²) in [5.41, 5.74) is 5.56. The Bertz CT molecular complexity index is 225. The van der Waals surface area contributed by atoms with E-state index in [4.69, 9.17) is 5.73 Å². The highest BCUT2D eigenvalue weighted by Gasteiger charge is 2.49. The molecule has 17 heavy (non-hydrogen) atoms. The molecule has 3 aliphatic rings. The van der Waals surface area contributed by atoms with Crippen molar-refractivity contribution >= 4 is 0 Å². The number of hydrogen-bond donors (Lipinski definition) is 1. The summed E-state index contributed by atoms with van der Waals surface area (Å²) in [5.74, 6) is 0. The van der Waals surface area contributed by atoms with E-state index in [1.54, 1.807) is 0 Å². The second-order valence-electron chi connectivity index (χ2n) is 6.57. The van der Waals surface area contributed by atoms with Crippen LogP contribution >= 0.6 is 0 Å². The van der Waals surface area contributed by atoms with Crippen LogP contribution in [0.5, 0.6) is 0 Å². The minimum Gasteiger partial charge on any atom is -0.330 e. The first-order valence-corrected chi connectivity index (χ1v) is 7.53. The Kier molecular flexibility index (Phi) is 4.11. The third-order valence-corrected chi connectivity index (χ3v) is 5.49. The molecular weight excluding hydrogens is 210 g/mol. The molecule has 0 atom stereocenters. The Balaban J connectivity index is 1.82. The maximum absolute atomic E-state index is 5.56. The highest BCUT2D eigenvalue weighted by molar-refractivity contribution is 4.64. The van der Waals surface area contributed by atoms with E-state index >= 15 is 0 Å². The first kappa shape index (κ1) is 13.3. The summed E-state index contributed by atoms with van der Waals surface area (Å²) >= 11 is 0. The number of nitrogens with zero attached hydrogens (tertiary/aromatic N) is 2. The first-order chi connectivity index (χ1) is 8.13. The van der Waals surface area contributed by atoms with E-state index in [0.29, 0.717) is 0 Å². The van der Waals surface area contributed by atoms with E-state index in [0.717, 1.165) is 12.6 Å². The van der Waals surface area contributed by atoms with Gasteiger partial charge in [-0.3, -0.25) is 0 Å². The molecule has 100 valence electrons. The number of rotatable bonds is 6. The van der Waals surface area contributed by atoms with Gasteiger partial charge in [0.2, 0.25) is 0 Å². The molecule has 2 N–H and O–H groups in total. The van der Waals surface area contributed by atoms with Crippen molar-refractivity contribution in [3.05, 3.63) is 0 Å². The maximum atomic E-state index is 5.56. The van der Waals surface area contributed by atoms with Gasteiger partial charge in [-0.05, 0) is 39.7 Å².